The van der Waals surface area contributed by atoms with Crippen molar-refractivity contribution in [1.82, 2.24) is 0 Å². The standard InChI is InChI=1S/C15H12N2S2/c16-11-15(19-14(17)18,12-7-3-1-4-8-12)13-9-5-2-6-10-13/h1-10H,(H2,17,18). The molecule has 0 spiro atoms. The van der Waals surface area contributed by atoms with Gasteiger partial charge in [0.25, 0.3) is 0 Å². The van der Waals surface area contributed by atoms with E-state index < -0.39 is 4.75 Å². The summed E-state index contributed by atoms with van der Waals surface area (Å²) in [6.07, 6.45) is 0. The van der Waals surface area contributed by atoms with Crippen LogP contribution in [0.2, 0.25) is 0 Å². The average Bonchev–Trinajstić information content (AvgIpc) is 2.46. The second kappa shape index (κ2) is 5.87. The SMILES string of the molecule is N#CC(SC(N)=S)(c1ccccc1)c1ccccc1. The largest absolute Gasteiger partial charge is 0.385 e. The molecule has 94 valence electrons. The highest BCUT2D eigenvalue weighted by molar-refractivity contribution is 8.23. The van der Waals surface area contributed by atoms with E-state index in [0.717, 1.165) is 11.1 Å². The van der Waals surface area contributed by atoms with E-state index in [1.807, 2.05) is 60.7 Å². The fraction of sp³-hybridized carbons (Fsp3) is 0.0667. The van der Waals surface area contributed by atoms with Crippen molar-refractivity contribution in [1.29, 1.82) is 5.26 Å². The van der Waals surface area contributed by atoms with Crippen molar-refractivity contribution in [3.63, 3.8) is 0 Å². The van der Waals surface area contributed by atoms with E-state index in [4.69, 9.17) is 18.0 Å². The summed E-state index contributed by atoms with van der Waals surface area (Å²) >= 11 is 6.20. The Morgan fingerprint density at radius 3 is 1.74 bits per heavy atom. The number of nitrogens with zero attached hydrogens (tertiary/aromatic N) is 1. The van der Waals surface area contributed by atoms with Gasteiger partial charge >= 0.3 is 0 Å². The van der Waals surface area contributed by atoms with Gasteiger partial charge in [-0.05, 0) is 11.1 Å². The monoisotopic (exact) mass is 284 g/mol. The molecule has 0 bridgehead atoms. The van der Waals surface area contributed by atoms with E-state index >= 15 is 0 Å². The number of benzene rings is 2. The van der Waals surface area contributed by atoms with Crippen molar-refractivity contribution < 1.29 is 0 Å². The molecule has 0 unspecified atom stereocenters. The highest BCUT2D eigenvalue weighted by Crippen LogP contribution is 2.42. The molecule has 19 heavy (non-hydrogen) atoms. The molecular formula is C15H12N2S2. The predicted molar refractivity (Wildman–Crippen MR) is 83.7 cm³/mol. The Morgan fingerprint density at radius 1 is 1.00 bits per heavy atom. The Labute approximate surface area is 122 Å². The third-order valence-electron chi connectivity index (χ3n) is 2.77. The van der Waals surface area contributed by atoms with Crippen molar-refractivity contribution in [3.8, 4) is 6.07 Å². The van der Waals surface area contributed by atoms with E-state index in [2.05, 4.69) is 6.07 Å². The molecular weight excluding hydrogens is 272 g/mol. The number of nitriles is 1. The van der Waals surface area contributed by atoms with Crippen LogP contribution in [0.4, 0.5) is 0 Å². The zero-order valence-electron chi connectivity index (χ0n) is 10.1. The molecule has 0 fully saturated rings. The lowest BCUT2D eigenvalue weighted by molar-refractivity contribution is 0.961. The molecule has 0 aromatic heterocycles. The minimum Gasteiger partial charge on any atom is -0.385 e. The van der Waals surface area contributed by atoms with Gasteiger partial charge in [0.1, 0.15) is 4.32 Å². The lowest BCUT2D eigenvalue weighted by Crippen LogP contribution is -2.25. The molecule has 4 heteroatoms. The molecule has 2 nitrogen and oxygen atoms in total. The molecule has 0 aliphatic heterocycles. The van der Waals surface area contributed by atoms with E-state index in [1.54, 1.807) is 0 Å². The third-order valence-corrected chi connectivity index (χ3v) is 4.09. The first-order valence-electron chi connectivity index (χ1n) is 5.70. The van der Waals surface area contributed by atoms with Crippen molar-refractivity contribution >= 4 is 28.3 Å². The summed E-state index contributed by atoms with van der Waals surface area (Å²) in [6, 6.07) is 21.5. The van der Waals surface area contributed by atoms with Crippen LogP contribution < -0.4 is 5.73 Å². The van der Waals surface area contributed by atoms with E-state index in [9.17, 15) is 5.26 Å². The van der Waals surface area contributed by atoms with Gasteiger partial charge in [-0.25, -0.2) is 0 Å². The summed E-state index contributed by atoms with van der Waals surface area (Å²) < 4.78 is -0.636. The summed E-state index contributed by atoms with van der Waals surface area (Å²) in [5.74, 6) is 0. The molecule has 0 aliphatic rings. The number of thiocarbonyl (C=S) groups is 1. The first-order valence-corrected chi connectivity index (χ1v) is 6.92. The van der Waals surface area contributed by atoms with Gasteiger partial charge in [-0.1, -0.05) is 84.6 Å². The zero-order valence-corrected chi connectivity index (χ0v) is 11.7. The van der Waals surface area contributed by atoms with Crippen molar-refractivity contribution in [2.24, 2.45) is 5.73 Å². The molecule has 2 N–H and O–H groups in total. The quantitative estimate of drug-likeness (QED) is 0.877. The van der Waals surface area contributed by atoms with E-state index in [0.29, 0.717) is 0 Å². The topological polar surface area (TPSA) is 49.8 Å². The minimum atomic E-state index is -0.894. The number of hydrogen-bond donors (Lipinski definition) is 1. The van der Waals surface area contributed by atoms with Crippen LogP contribution >= 0.6 is 24.0 Å². The Kier molecular flexibility index (Phi) is 4.20. The molecule has 0 heterocycles. The van der Waals surface area contributed by atoms with Crippen LogP contribution in [-0.2, 0) is 4.75 Å². The van der Waals surface area contributed by atoms with E-state index in [1.165, 1.54) is 11.8 Å². The van der Waals surface area contributed by atoms with Crippen LogP contribution in [0, 0.1) is 11.3 Å². The van der Waals surface area contributed by atoms with Gasteiger partial charge in [-0.15, -0.1) is 0 Å². The third kappa shape index (κ3) is 2.78. The minimum absolute atomic E-state index is 0.259. The van der Waals surface area contributed by atoms with Gasteiger partial charge in [0.15, 0.2) is 4.75 Å². The lowest BCUT2D eigenvalue weighted by Gasteiger charge is -2.26. The second-order valence-electron chi connectivity index (χ2n) is 3.95. The van der Waals surface area contributed by atoms with Crippen molar-refractivity contribution in [2.45, 2.75) is 4.75 Å². The molecule has 0 atom stereocenters. The summed E-state index contributed by atoms with van der Waals surface area (Å²) in [7, 11) is 0. The molecule has 0 aliphatic carbocycles. The van der Waals surface area contributed by atoms with Gasteiger partial charge in [-0.2, -0.15) is 5.26 Å². The maximum Gasteiger partial charge on any atom is 0.159 e. The van der Waals surface area contributed by atoms with Crippen LogP contribution in [0.1, 0.15) is 11.1 Å². The molecule has 0 saturated carbocycles. The Morgan fingerprint density at radius 2 is 1.42 bits per heavy atom. The molecule has 2 aromatic carbocycles. The highest BCUT2D eigenvalue weighted by Gasteiger charge is 2.36. The van der Waals surface area contributed by atoms with Gasteiger partial charge in [0.05, 0.1) is 6.07 Å². The van der Waals surface area contributed by atoms with E-state index in [-0.39, 0.29) is 4.32 Å². The van der Waals surface area contributed by atoms with Crippen LogP contribution in [-0.4, -0.2) is 4.32 Å². The number of thioether (sulfide) groups is 1. The maximum atomic E-state index is 9.75. The first-order chi connectivity index (χ1) is 9.19. The van der Waals surface area contributed by atoms with Gasteiger partial charge in [0.2, 0.25) is 0 Å². The Hall–Kier alpha value is -1.83. The van der Waals surface area contributed by atoms with Crippen LogP contribution in [0.5, 0.6) is 0 Å². The van der Waals surface area contributed by atoms with Crippen LogP contribution in [0.25, 0.3) is 0 Å². The number of hydrogen-bond acceptors (Lipinski definition) is 3. The molecule has 0 amide bonds. The maximum absolute atomic E-state index is 9.75. The Balaban J connectivity index is 2.63. The molecule has 2 aromatic rings. The van der Waals surface area contributed by atoms with Crippen LogP contribution in [0.3, 0.4) is 0 Å². The predicted octanol–water partition coefficient (Wildman–Crippen LogP) is 3.43. The van der Waals surface area contributed by atoms with Gasteiger partial charge in [0, 0.05) is 0 Å². The number of nitrogens with two attached hydrogens (primary N) is 1. The van der Waals surface area contributed by atoms with Gasteiger partial charge in [-0.3, -0.25) is 0 Å². The van der Waals surface area contributed by atoms with Crippen molar-refractivity contribution in [2.75, 3.05) is 0 Å². The summed E-state index contributed by atoms with van der Waals surface area (Å²) in [5, 5.41) is 9.75. The fourth-order valence-corrected chi connectivity index (χ4v) is 3.16. The fourth-order valence-electron chi connectivity index (χ4n) is 1.93. The second-order valence-corrected chi connectivity index (χ2v) is 5.90. The summed E-state index contributed by atoms with van der Waals surface area (Å²) in [4.78, 5) is 0. The summed E-state index contributed by atoms with van der Waals surface area (Å²) in [5.41, 5.74) is 7.42. The Bertz CT molecular complexity index is 564. The lowest BCUT2D eigenvalue weighted by atomic mass is 9.91. The number of rotatable bonds is 3. The normalized spacial score (nSPS) is 10.7. The first kappa shape index (κ1) is 13.6. The molecule has 2 rings (SSSR count). The highest BCUT2D eigenvalue weighted by atomic mass is 32.2. The molecule has 0 radical (unpaired) electrons. The smallest absolute Gasteiger partial charge is 0.159 e. The summed E-state index contributed by atoms with van der Waals surface area (Å²) in [6.45, 7) is 0. The zero-order chi connectivity index (χ0) is 13.7. The molecule has 0 saturated heterocycles. The van der Waals surface area contributed by atoms with Crippen LogP contribution in [0.15, 0.2) is 60.7 Å². The van der Waals surface area contributed by atoms with Crippen molar-refractivity contribution in [3.05, 3.63) is 71.8 Å². The average molecular weight is 284 g/mol. The van der Waals surface area contributed by atoms with Gasteiger partial charge < -0.3 is 5.73 Å².